The van der Waals surface area contributed by atoms with Crippen molar-refractivity contribution in [1.82, 2.24) is 20.1 Å². The second-order valence-corrected chi connectivity index (χ2v) is 7.82. The molecule has 0 unspecified atom stereocenters. The van der Waals surface area contributed by atoms with Gasteiger partial charge >= 0.3 is 0 Å². The van der Waals surface area contributed by atoms with Crippen molar-refractivity contribution in [1.29, 1.82) is 0 Å². The van der Waals surface area contributed by atoms with E-state index in [0.717, 1.165) is 16.8 Å². The number of nitrogens with one attached hydrogen (secondary N) is 1. The molecule has 0 radical (unpaired) electrons. The summed E-state index contributed by atoms with van der Waals surface area (Å²) in [4.78, 5) is 12.1. The molecule has 3 rings (SSSR count). The fourth-order valence-corrected chi connectivity index (χ4v) is 3.56. The predicted octanol–water partition coefficient (Wildman–Crippen LogP) is 4.51. The Morgan fingerprint density at radius 1 is 1.15 bits per heavy atom. The van der Waals surface area contributed by atoms with E-state index >= 15 is 0 Å². The van der Waals surface area contributed by atoms with Gasteiger partial charge in [0.2, 0.25) is 5.91 Å². The largest absolute Gasteiger partial charge is 0.353 e. The highest BCUT2D eigenvalue weighted by molar-refractivity contribution is 7.99. The third kappa shape index (κ3) is 4.70. The average molecular weight is 401 g/mol. The van der Waals surface area contributed by atoms with Gasteiger partial charge in [-0.15, -0.1) is 10.2 Å². The van der Waals surface area contributed by atoms with Crippen molar-refractivity contribution in [3.63, 3.8) is 0 Å². The van der Waals surface area contributed by atoms with Crippen molar-refractivity contribution in [2.24, 2.45) is 0 Å². The Bertz CT molecular complexity index is 937. The first kappa shape index (κ1) is 19.5. The summed E-state index contributed by atoms with van der Waals surface area (Å²) in [7, 11) is 0. The minimum atomic E-state index is -0.0256. The highest BCUT2D eigenvalue weighted by Gasteiger charge is 2.18. The highest BCUT2D eigenvalue weighted by Crippen LogP contribution is 2.30. The molecule has 5 nitrogen and oxygen atoms in total. The molecule has 0 atom stereocenters. The molecule has 0 aliphatic rings. The molecule has 1 aromatic heterocycles. The van der Waals surface area contributed by atoms with Crippen molar-refractivity contribution < 1.29 is 4.79 Å². The van der Waals surface area contributed by atoms with Crippen LogP contribution in [0.3, 0.4) is 0 Å². The molecule has 0 saturated heterocycles. The molecule has 0 aliphatic carbocycles. The summed E-state index contributed by atoms with van der Waals surface area (Å²) in [6.45, 7) is 5.93. The highest BCUT2D eigenvalue weighted by atomic mass is 35.5. The van der Waals surface area contributed by atoms with Crippen LogP contribution in [0.15, 0.2) is 53.7 Å². The zero-order chi connectivity index (χ0) is 19.4. The van der Waals surface area contributed by atoms with E-state index in [2.05, 4.69) is 15.5 Å². The van der Waals surface area contributed by atoms with Crippen LogP contribution in [0.2, 0.25) is 5.02 Å². The number of aromatic nitrogens is 3. The summed E-state index contributed by atoms with van der Waals surface area (Å²) in [6.07, 6.45) is 0. The molecule has 0 spiro atoms. The number of carbonyl (C=O) groups is 1. The molecule has 0 aliphatic heterocycles. The number of para-hydroxylation sites is 1. The van der Waals surface area contributed by atoms with Gasteiger partial charge in [0, 0.05) is 16.6 Å². The van der Waals surface area contributed by atoms with Crippen LogP contribution < -0.4 is 5.32 Å². The Balaban J connectivity index is 2.00. The number of hydrogen-bond acceptors (Lipinski definition) is 4. The van der Waals surface area contributed by atoms with Crippen LogP contribution in [0.5, 0.6) is 0 Å². The lowest BCUT2D eigenvalue weighted by Crippen LogP contribution is -2.31. The average Bonchev–Trinajstić information content (AvgIpc) is 3.04. The molecule has 140 valence electrons. The van der Waals surface area contributed by atoms with Crippen LogP contribution in [0.4, 0.5) is 0 Å². The fraction of sp³-hybridized carbons (Fsp3) is 0.250. The van der Waals surface area contributed by atoms with Gasteiger partial charge in [0.15, 0.2) is 11.0 Å². The van der Waals surface area contributed by atoms with E-state index in [0.29, 0.717) is 16.0 Å². The Morgan fingerprint density at radius 2 is 1.85 bits per heavy atom. The third-order valence-corrected chi connectivity index (χ3v) is 5.06. The van der Waals surface area contributed by atoms with Crippen molar-refractivity contribution in [2.75, 3.05) is 5.75 Å². The van der Waals surface area contributed by atoms with Gasteiger partial charge < -0.3 is 5.32 Å². The van der Waals surface area contributed by atoms with Crippen LogP contribution >= 0.6 is 23.4 Å². The van der Waals surface area contributed by atoms with E-state index < -0.39 is 0 Å². The van der Waals surface area contributed by atoms with E-state index in [1.165, 1.54) is 11.8 Å². The zero-order valence-electron chi connectivity index (χ0n) is 15.4. The number of amides is 1. The van der Waals surface area contributed by atoms with Crippen molar-refractivity contribution in [2.45, 2.75) is 32.0 Å². The number of aryl methyl sites for hydroxylation is 1. The molecule has 1 heterocycles. The van der Waals surface area contributed by atoms with E-state index in [1.807, 2.05) is 73.9 Å². The second kappa shape index (κ2) is 8.59. The summed E-state index contributed by atoms with van der Waals surface area (Å²) in [5.74, 6) is 0.970. The minimum absolute atomic E-state index is 0.0256. The number of nitrogens with zero attached hydrogens (tertiary/aromatic N) is 3. The maximum absolute atomic E-state index is 12.1. The van der Waals surface area contributed by atoms with Gasteiger partial charge in [0.1, 0.15) is 0 Å². The van der Waals surface area contributed by atoms with E-state index in [4.69, 9.17) is 11.6 Å². The first-order valence-corrected chi connectivity index (χ1v) is 10.0. The van der Waals surface area contributed by atoms with Gasteiger partial charge in [-0.3, -0.25) is 9.36 Å². The smallest absolute Gasteiger partial charge is 0.230 e. The van der Waals surface area contributed by atoms with Crippen LogP contribution in [0, 0.1) is 6.92 Å². The first-order chi connectivity index (χ1) is 13.0. The van der Waals surface area contributed by atoms with Gasteiger partial charge in [-0.1, -0.05) is 41.6 Å². The summed E-state index contributed by atoms with van der Waals surface area (Å²) in [6, 6.07) is 15.6. The van der Waals surface area contributed by atoms with Gasteiger partial charge in [-0.2, -0.15) is 0 Å². The number of carbonyl (C=O) groups excluding carboxylic acids is 1. The van der Waals surface area contributed by atoms with Gasteiger partial charge in [-0.25, -0.2) is 0 Å². The van der Waals surface area contributed by atoms with Crippen molar-refractivity contribution in [3.8, 4) is 17.1 Å². The normalized spacial score (nSPS) is 11.0. The number of hydrogen-bond donors (Lipinski definition) is 1. The molecular formula is C20H21ClN4OS. The van der Waals surface area contributed by atoms with Crippen molar-refractivity contribution >= 4 is 29.3 Å². The fourth-order valence-electron chi connectivity index (χ4n) is 2.67. The number of benzene rings is 2. The maximum Gasteiger partial charge on any atom is 0.230 e. The lowest BCUT2D eigenvalue weighted by atomic mass is 10.1. The summed E-state index contributed by atoms with van der Waals surface area (Å²) < 4.78 is 1.99. The first-order valence-electron chi connectivity index (χ1n) is 8.65. The van der Waals surface area contributed by atoms with E-state index in [-0.39, 0.29) is 17.7 Å². The predicted molar refractivity (Wildman–Crippen MR) is 111 cm³/mol. The summed E-state index contributed by atoms with van der Waals surface area (Å²) in [5, 5.41) is 13.0. The van der Waals surface area contributed by atoms with E-state index in [9.17, 15) is 4.79 Å². The van der Waals surface area contributed by atoms with Gasteiger partial charge in [0.05, 0.1) is 11.4 Å². The SMILES string of the molecule is Cc1ccccc1-n1c(SCC(=O)NC(C)C)nnc1-c1ccc(Cl)cc1. The molecule has 27 heavy (non-hydrogen) atoms. The second-order valence-electron chi connectivity index (χ2n) is 6.45. The number of thioether (sulfide) groups is 1. The Hall–Kier alpha value is -2.31. The van der Waals surface area contributed by atoms with Crippen LogP contribution in [0.1, 0.15) is 19.4 Å². The third-order valence-electron chi connectivity index (χ3n) is 3.87. The Morgan fingerprint density at radius 3 is 2.52 bits per heavy atom. The monoisotopic (exact) mass is 400 g/mol. The number of rotatable bonds is 6. The Labute approximate surface area is 168 Å². The lowest BCUT2D eigenvalue weighted by molar-refractivity contribution is -0.119. The molecule has 2 aromatic carbocycles. The van der Waals surface area contributed by atoms with Crippen molar-refractivity contribution in [3.05, 3.63) is 59.1 Å². The zero-order valence-corrected chi connectivity index (χ0v) is 17.0. The topological polar surface area (TPSA) is 59.8 Å². The molecule has 1 amide bonds. The standard InChI is InChI=1S/C20H21ClN4OS/c1-13(2)22-18(26)12-27-20-24-23-19(15-8-10-16(21)11-9-15)25(20)17-7-5-4-6-14(17)3/h4-11,13H,12H2,1-3H3,(H,22,26). The maximum atomic E-state index is 12.1. The molecule has 1 N–H and O–H groups in total. The summed E-state index contributed by atoms with van der Waals surface area (Å²) >= 11 is 7.39. The lowest BCUT2D eigenvalue weighted by Gasteiger charge is -2.13. The molecular weight excluding hydrogens is 380 g/mol. The van der Waals surface area contributed by atoms with Gasteiger partial charge in [0.25, 0.3) is 0 Å². The minimum Gasteiger partial charge on any atom is -0.353 e. The van der Waals surface area contributed by atoms with E-state index in [1.54, 1.807) is 0 Å². The molecule has 0 bridgehead atoms. The number of halogens is 1. The van der Waals surface area contributed by atoms with Gasteiger partial charge in [-0.05, 0) is 56.7 Å². The molecule has 7 heteroatoms. The van der Waals surface area contributed by atoms with Crippen LogP contribution in [-0.4, -0.2) is 32.5 Å². The summed E-state index contributed by atoms with van der Waals surface area (Å²) in [5.41, 5.74) is 2.99. The van der Waals surface area contributed by atoms with Crippen LogP contribution in [0.25, 0.3) is 17.1 Å². The molecule has 3 aromatic rings. The quantitative estimate of drug-likeness (QED) is 0.618. The Kier molecular flexibility index (Phi) is 6.19. The molecule has 0 saturated carbocycles. The van der Waals surface area contributed by atoms with Crippen LogP contribution in [-0.2, 0) is 4.79 Å². The molecule has 0 fully saturated rings.